The standard InChI is InChI=1S/C14H17NO3S/c1-10(16)19-8-4-3-5-11-6-7-12(9-13(11)15)14(17)18-2/h3,5-7,9H,4,8,15H2,1-2H3. The van der Waals surface area contributed by atoms with E-state index in [1.807, 2.05) is 12.2 Å². The molecule has 19 heavy (non-hydrogen) atoms. The quantitative estimate of drug-likeness (QED) is 0.510. The number of allylic oxidation sites excluding steroid dienone is 1. The Morgan fingerprint density at radius 2 is 2.16 bits per heavy atom. The number of anilines is 1. The van der Waals surface area contributed by atoms with Crippen LogP contribution in [0.4, 0.5) is 5.69 Å². The monoisotopic (exact) mass is 279 g/mol. The third kappa shape index (κ3) is 5.18. The number of ether oxygens (including phenoxy) is 1. The molecule has 0 amide bonds. The lowest BCUT2D eigenvalue weighted by Gasteiger charge is -2.03. The summed E-state index contributed by atoms with van der Waals surface area (Å²) in [5, 5.41) is 0.121. The van der Waals surface area contributed by atoms with E-state index in [0.717, 1.165) is 17.7 Å². The average molecular weight is 279 g/mol. The molecule has 0 aliphatic heterocycles. The van der Waals surface area contributed by atoms with E-state index in [9.17, 15) is 9.59 Å². The lowest BCUT2D eigenvalue weighted by Crippen LogP contribution is -2.02. The van der Waals surface area contributed by atoms with E-state index in [1.54, 1.807) is 25.1 Å². The maximum absolute atomic E-state index is 11.3. The molecule has 0 aromatic heterocycles. The van der Waals surface area contributed by atoms with Gasteiger partial charge in [-0.3, -0.25) is 4.79 Å². The van der Waals surface area contributed by atoms with Crippen LogP contribution in [-0.4, -0.2) is 23.9 Å². The van der Waals surface area contributed by atoms with Crippen LogP contribution in [-0.2, 0) is 9.53 Å². The van der Waals surface area contributed by atoms with Gasteiger partial charge in [0.25, 0.3) is 0 Å². The predicted molar refractivity (Wildman–Crippen MR) is 79.0 cm³/mol. The average Bonchev–Trinajstić information content (AvgIpc) is 2.38. The van der Waals surface area contributed by atoms with Gasteiger partial charge in [0.2, 0.25) is 0 Å². The van der Waals surface area contributed by atoms with Gasteiger partial charge in [-0.1, -0.05) is 30.0 Å². The molecule has 0 atom stereocenters. The zero-order valence-electron chi connectivity index (χ0n) is 11.0. The zero-order chi connectivity index (χ0) is 14.3. The van der Waals surface area contributed by atoms with Crippen LogP contribution in [0, 0.1) is 0 Å². The lowest BCUT2D eigenvalue weighted by molar-refractivity contribution is -0.109. The number of esters is 1. The highest BCUT2D eigenvalue weighted by molar-refractivity contribution is 8.13. The first-order valence-electron chi connectivity index (χ1n) is 5.82. The van der Waals surface area contributed by atoms with Gasteiger partial charge in [-0.25, -0.2) is 4.79 Å². The number of carbonyl (C=O) groups excluding carboxylic acids is 2. The molecule has 102 valence electrons. The minimum Gasteiger partial charge on any atom is -0.465 e. The molecule has 0 saturated carbocycles. The fraction of sp³-hybridized carbons (Fsp3) is 0.286. The Bertz CT molecular complexity index is 497. The summed E-state index contributed by atoms with van der Waals surface area (Å²) < 4.78 is 4.62. The molecule has 1 aromatic rings. The minimum absolute atomic E-state index is 0.121. The molecule has 0 saturated heterocycles. The summed E-state index contributed by atoms with van der Waals surface area (Å²) in [4.78, 5) is 22.0. The maximum Gasteiger partial charge on any atom is 0.337 e. The number of rotatable bonds is 5. The van der Waals surface area contributed by atoms with Gasteiger partial charge in [-0.05, 0) is 24.1 Å². The molecule has 1 aromatic carbocycles. The number of methoxy groups -OCH3 is 1. The predicted octanol–water partition coefficient (Wildman–Crippen LogP) is 2.74. The van der Waals surface area contributed by atoms with Gasteiger partial charge in [-0.2, -0.15) is 0 Å². The summed E-state index contributed by atoms with van der Waals surface area (Å²) >= 11 is 1.30. The van der Waals surface area contributed by atoms with Crippen molar-refractivity contribution in [2.75, 3.05) is 18.6 Å². The Kier molecular flexibility index (Phi) is 6.15. The van der Waals surface area contributed by atoms with Crippen molar-refractivity contribution in [2.45, 2.75) is 13.3 Å². The van der Waals surface area contributed by atoms with Crippen LogP contribution in [0.3, 0.4) is 0 Å². The molecule has 0 aliphatic rings. The number of nitrogens with two attached hydrogens (primary N) is 1. The van der Waals surface area contributed by atoms with Gasteiger partial charge in [0, 0.05) is 18.4 Å². The van der Waals surface area contributed by atoms with Gasteiger partial charge >= 0.3 is 5.97 Å². The molecule has 0 radical (unpaired) electrons. The summed E-state index contributed by atoms with van der Waals surface area (Å²) in [6, 6.07) is 5.04. The van der Waals surface area contributed by atoms with Crippen molar-refractivity contribution in [1.82, 2.24) is 0 Å². The zero-order valence-corrected chi connectivity index (χ0v) is 11.8. The van der Waals surface area contributed by atoms with Crippen LogP contribution >= 0.6 is 11.8 Å². The number of benzene rings is 1. The molecular weight excluding hydrogens is 262 g/mol. The van der Waals surface area contributed by atoms with Gasteiger partial charge in [0.05, 0.1) is 12.7 Å². The number of nitrogen functional groups attached to an aromatic ring is 1. The molecule has 0 aliphatic carbocycles. The number of carbonyl (C=O) groups is 2. The van der Waals surface area contributed by atoms with E-state index >= 15 is 0 Å². The van der Waals surface area contributed by atoms with Gasteiger partial charge in [-0.15, -0.1) is 0 Å². The molecule has 0 bridgehead atoms. The normalized spacial score (nSPS) is 10.6. The van der Waals surface area contributed by atoms with E-state index < -0.39 is 5.97 Å². The minimum atomic E-state index is -0.403. The third-order valence-electron chi connectivity index (χ3n) is 2.40. The molecule has 0 unspecified atom stereocenters. The van der Waals surface area contributed by atoms with E-state index in [2.05, 4.69) is 4.74 Å². The van der Waals surface area contributed by atoms with Crippen LogP contribution < -0.4 is 5.73 Å². The molecule has 0 fully saturated rings. The van der Waals surface area contributed by atoms with Crippen molar-refractivity contribution in [2.24, 2.45) is 0 Å². The van der Waals surface area contributed by atoms with E-state index in [1.165, 1.54) is 18.9 Å². The summed E-state index contributed by atoms with van der Waals surface area (Å²) in [5.41, 5.74) is 7.67. The molecule has 2 N–H and O–H groups in total. The highest BCUT2D eigenvalue weighted by Gasteiger charge is 2.06. The third-order valence-corrected chi connectivity index (χ3v) is 3.24. The summed E-state index contributed by atoms with van der Waals surface area (Å²) in [6.07, 6.45) is 4.64. The Morgan fingerprint density at radius 3 is 2.74 bits per heavy atom. The highest BCUT2D eigenvalue weighted by Crippen LogP contribution is 2.17. The van der Waals surface area contributed by atoms with Crippen molar-refractivity contribution < 1.29 is 14.3 Å². The second-order valence-electron chi connectivity index (χ2n) is 3.87. The maximum atomic E-state index is 11.3. The molecular formula is C14H17NO3S. The Morgan fingerprint density at radius 1 is 1.42 bits per heavy atom. The second-order valence-corrected chi connectivity index (χ2v) is 5.14. The topological polar surface area (TPSA) is 69.4 Å². The number of hydrogen-bond donors (Lipinski definition) is 1. The Labute approximate surface area is 117 Å². The fourth-order valence-electron chi connectivity index (χ4n) is 1.45. The summed E-state index contributed by atoms with van der Waals surface area (Å²) in [6.45, 7) is 1.55. The SMILES string of the molecule is COC(=O)c1ccc(C=CCCSC(C)=O)c(N)c1. The molecule has 0 heterocycles. The molecule has 5 heteroatoms. The molecule has 4 nitrogen and oxygen atoms in total. The Hall–Kier alpha value is -1.75. The van der Waals surface area contributed by atoms with Crippen LogP contribution in [0.1, 0.15) is 29.3 Å². The van der Waals surface area contributed by atoms with Crippen LogP contribution in [0.15, 0.2) is 24.3 Å². The first kappa shape index (κ1) is 15.3. The van der Waals surface area contributed by atoms with Crippen molar-refractivity contribution in [3.8, 4) is 0 Å². The first-order valence-corrected chi connectivity index (χ1v) is 6.81. The molecule has 0 spiro atoms. The number of hydrogen-bond acceptors (Lipinski definition) is 5. The van der Waals surface area contributed by atoms with E-state index in [0.29, 0.717) is 11.3 Å². The van der Waals surface area contributed by atoms with Crippen molar-refractivity contribution in [3.63, 3.8) is 0 Å². The van der Waals surface area contributed by atoms with Crippen molar-refractivity contribution in [1.29, 1.82) is 0 Å². The Balaban J connectivity index is 2.62. The second kappa shape index (κ2) is 7.63. The van der Waals surface area contributed by atoms with E-state index in [4.69, 9.17) is 5.73 Å². The van der Waals surface area contributed by atoms with Gasteiger partial charge in [0.1, 0.15) is 0 Å². The number of thioether (sulfide) groups is 1. The van der Waals surface area contributed by atoms with Gasteiger partial charge < -0.3 is 10.5 Å². The lowest BCUT2D eigenvalue weighted by atomic mass is 10.1. The van der Waals surface area contributed by atoms with Crippen molar-refractivity contribution in [3.05, 3.63) is 35.4 Å². The van der Waals surface area contributed by atoms with E-state index in [-0.39, 0.29) is 5.12 Å². The van der Waals surface area contributed by atoms with Crippen LogP contribution in [0.25, 0.3) is 6.08 Å². The summed E-state index contributed by atoms with van der Waals surface area (Å²) in [7, 11) is 1.33. The smallest absolute Gasteiger partial charge is 0.337 e. The first-order chi connectivity index (χ1) is 9.04. The fourth-order valence-corrected chi connectivity index (χ4v) is 1.99. The van der Waals surface area contributed by atoms with Crippen LogP contribution in [0.2, 0.25) is 0 Å². The van der Waals surface area contributed by atoms with Gasteiger partial charge in [0.15, 0.2) is 5.12 Å². The summed E-state index contributed by atoms with van der Waals surface area (Å²) in [5.74, 6) is 0.353. The van der Waals surface area contributed by atoms with Crippen LogP contribution in [0.5, 0.6) is 0 Å². The largest absolute Gasteiger partial charge is 0.465 e. The highest BCUT2D eigenvalue weighted by atomic mass is 32.2. The molecule has 1 rings (SSSR count). The van der Waals surface area contributed by atoms with Crippen molar-refractivity contribution >= 4 is 34.6 Å².